The van der Waals surface area contributed by atoms with Crippen LogP contribution in [0.25, 0.3) is 5.69 Å². The van der Waals surface area contributed by atoms with E-state index in [0.717, 1.165) is 5.69 Å². The Bertz CT molecular complexity index is 665. The van der Waals surface area contributed by atoms with Crippen LogP contribution in [0, 0.1) is 0 Å². The first kappa shape index (κ1) is 18.3. The van der Waals surface area contributed by atoms with Crippen LogP contribution >= 0.6 is 12.4 Å². The highest BCUT2D eigenvalue weighted by Gasteiger charge is 2.30. The molecule has 2 N–H and O–H groups in total. The topological polar surface area (TPSA) is 94.0 Å². The maximum atomic E-state index is 12.4. The quantitative estimate of drug-likeness (QED) is 0.838. The highest BCUT2D eigenvalue weighted by Crippen LogP contribution is 2.14. The van der Waals surface area contributed by atoms with Crippen molar-refractivity contribution < 1.29 is 9.53 Å². The van der Waals surface area contributed by atoms with Crippen LogP contribution in [0.4, 0.5) is 0 Å². The van der Waals surface area contributed by atoms with E-state index in [4.69, 9.17) is 4.74 Å². The number of rotatable bonds is 4. The van der Waals surface area contributed by atoms with Crippen LogP contribution in [0.5, 0.6) is 0 Å². The van der Waals surface area contributed by atoms with Crippen molar-refractivity contribution in [2.24, 2.45) is 0 Å². The lowest BCUT2D eigenvalue weighted by atomic mass is 10.1. The monoisotopic (exact) mass is 352 g/mol. The molecule has 1 aliphatic heterocycles. The van der Waals surface area contributed by atoms with Crippen LogP contribution in [0.1, 0.15) is 25.7 Å². The summed E-state index contributed by atoms with van der Waals surface area (Å²) in [5.74, 6) is 0.459. The van der Waals surface area contributed by atoms with Gasteiger partial charge in [-0.1, -0.05) is 18.2 Å². The van der Waals surface area contributed by atoms with E-state index in [0.29, 0.717) is 19.0 Å². The van der Waals surface area contributed by atoms with Gasteiger partial charge in [0.05, 0.1) is 24.4 Å². The molecule has 3 rings (SSSR count). The maximum absolute atomic E-state index is 12.4. The molecule has 9 heteroatoms. The van der Waals surface area contributed by atoms with Crippen LogP contribution < -0.4 is 10.6 Å². The van der Waals surface area contributed by atoms with Gasteiger partial charge in [-0.25, -0.2) is 0 Å². The third kappa shape index (κ3) is 3.89. The molecule has 1 aliphatic rings. The van der Waals surface area contributed by atoms with Crippen molar-refractivity contribution in [2.45, 2.75) is 32.0 Å². The summed E-state index contributed by atoms with van der Waals surface area (Å²) < 4.78 is 7.13. The Morgan fingerprint density at radius 2 is 2.17 bits per heavy atom. The Kier molecular flexibility index (Phi) is 6.24. The van der Waals surface area contributed by atoms with Crippen molar-refractivity contribution in [1.82, 2.24) is 30.8 Å². The molecule has 24 heavy (non-hydrogen) atoms. The van der Waals surface area contributed by atoms with Gasteiger partial charge < -0.3 is 15.4 Å². The zero-order valence-electron chi connectivity index (χ0n) is 13.5. The fourth-order valence-corrected chi connectivity index (χ4v) is 2.61. The lowest BCUT2D eigenvalue weighted by molar-refractivity contribution is -0.129. The molecular weight excluding hydrogens is 332 g/mol. The van der Waals surface area contributed by atoms with Crippen molar-refractivity contribution in [2.75, 3.05) is 13.2 Å². The molecule has 2 aromatic rings. The second-order valence-electron chi connectivity index (χ2n) is 5.52. The number of hydrogen-bond acceptors (Lipinski definition) is 6. The maximum Gasteiger partial charge on any atom is 0.240 e. The summed E-state index contributed by atoms with van der Waals surface area (Å²) in [6.45, 7) is 5.03. The fraction of sp³-hybridized carbons (Fsp3) is 0.467. The number of carbonyl (C=O) groups excluding carboxylic acids is 1. The van der Waals surface area contributed by atoms with Gasteiger partial charge in [0, 0.05) is 6.54 Å². The molecule has 1 saturated heterocycles. The molecule has 1 aromatic heterocycles. The van der Waals surface area contributed by atoms with E-state index in [1.807, 2.05) is 44.2 Å². The summed E-state index contributed by atoms with van der Waals surface area (Å²) in [7, 11) is 0. The van der Waals surface area contributed by atoms with E-state index in [1.165, 1.54) is 0 Å². The van der Waals surface area contributed by atoms with Gasteiger partial charge >= 0.3 is 0 Å². The van der Waals surface area contributed by atoms with Gasteiger partial charge in [-0.15, -0.1) is 17.5 Å². The number of tetrazole rings is 1. The number of nitrogens with one attached hydrogen (secondary N) is 2. The lowest BCUT2D eigenvalue weighted by Gasteiger charge is -2.30. The lowest BCUT2D eigenvalue weighted by Crippen LogP contribution is -2.55. The molecule has 130 valence electrons. The molecule has 1 fully saturated rings. The Morgan fingerprint density at radius 3 is 2.88 bits per heavy atom. The number of nitrogens with zero attached hydrogens (tertiary/aromatic N) is 4. The van der Waals surface area contributed by atoms with Crippen molar-refractivity contribution in [3.8, 4) is 5.69 Å². The third-order valence-corrected chi connectivity index (χ3v) is 3.84. The Hall–Kier alpha value is -2.03. The molecule has 0 radical (unpaired) electrons. The van der Waals surface area contributed by atoms with Gasteiger partial charge in [-0.3, -0.25) is 4.79 Å². The molecule has 1 amide bonds. The van der Waals surface area contributed by atoms with Crippen LogP contribution in [0.15, 0.2) is 30.3 Å². The number of aromatic nitrogens is 4. The largest absolute Gasteiger partial charge is 0.375 e. The summed E-state index contributed by atoms with van der Waals surface area (Å²) in [5, 5.41) is 17.9. The zero-order chi connectivity index (χ0) is 16.2. The van der Waals surface area contributed by atoms with E-state index in [1.54, 1.807) is 4.68 Å². The molecule has 0 saturated carbocycles. The van der Waals surface area contributed by atoms with E-state index >= 15 is 0 Å². The average Bonchev–Trinajstić information content (AvgIpc) is 3.05. The Morgan fingerprint density at radius 1 is 1.42 bits per heavy atom. The van der Waals surface area contributed by atoms with Crippen molar-refractivity contribution in [3.63, 3.8) is 0 Å². The van der Waals surface area contributed by atoms with Crippen LogP contribution in [-0.4, -0.2) is 51.4 Å². The molecule has 2 heterocycles. The minimum absolute atomic E-state index is 0. The SMILES string of the molecule is CC(NC(=O)[C@H]1NCCO[C@@H]1C)c1nnnn1-c1ccccc1.Cl. The molecule has 0 spiro atoms. The zero-order valence-corrected chi connectivity index (χ0v) is 14.4. The van der Waals surface area contributed by atoms with Crippen LogP contribution in [0.2, 0.25) is 0 Å². The fourth-order valence-electron chi connectivity index (χ4n) is 2.61. The van der Waals surface area contributed by atoms with E-state index < -0.39 is 0 Å². The number of para-hydroxylation sites is 1. The number of amides is 1. The number of ether oxygens (including phenoxy) is 1. The van der Waals surface area contributed by atoms with Crippen molar-refractivity contribution >= 4 is 18.3 Å². The minimum Gasteiger partial charge on any atom is -0.375 e. The molecule has 0 aliphatic carbocycles. The van der Waals surface area contributed by atoms with Gasteiger partial charge in [0.2, 0.25) is 5.91 Å². The number of hydrogen-bond donors (Lipinski definition) is 2. The van der Waals surface area contributed by atoms with Crippen LogP contribution in [0.3, 0.4) is 0 Å². The summed E-state index contributed by atoms with van der Waals surface area (Å²) in [5.41, 5.74) is 0.848. The first-order valence-electron chi connectivity index (χ1n) is 7.66. The summed E-state index contributed by atoms with van der Waals surface area (Å²) >= 11 is 0. The van der Waals surface area contributed by atoms with Gasteiger partial charge in [-0.2, -0.15) is 4.68 Å². The molecule has 8 nitrogen and oxygen atoms in total. The van der Waals surface area contributed by atoms with E-state index in [9.17, 15) is 4.79 Å². The average molecular weight is 353 g/mol. The highest BCUT2D eigenvalue weighted by atomic mass is 35.5. The number of benzene rings is 1. The first-order chi connectivity index (χ1) is 11.2. The Labute approximate surface area is 146 Å². The number of carbonyl (C=O) groups is 1. The van der Waals surface area contributed by atoms with Gasteiger partial charge in [0.15, 0.2) is 5.82 Å². The second kappa shape index (κ2) is 8.18. The van der Waals surface area contributed by atoms with Crippen LogP contribution in [-0.2, 0) is 9.53 Å². The summed E-state index contributed by atoms with van der Waals surface area (Å²) in [6, 6.07) is 8.87. The van der Waals surface area contributed by atoms with E-state index in [-0.39, 0.29) is 36.5 Å². The molecule has 3 atom stereocenters. The van der Waals surface area contributed by atoms with Gasteiger partial charge in [-0.05, 0) is 36.4 Å². The standard InChI is InChI=1S/C15H20N6O2.ClH/c1-10(17-15(22)13-11(2)23-9-8-16-13)14-18-19-20-21(14)12-6-4-3-5-7-12;/h3-7,10-11,13,16H,8-9H2,1-2H3,(H,17,22);1H/t10?,11-,13+;/m1./s1. The second-order valence-corrected chi connectivity index (χ2v) is 5.52. The van der Waals surface area contributed by atoms with E-state index in [2.05, 4.69) is 26.2 Å². The summed E-state index contributed by atoms with van der Waals surface area (Å²) in [4.78, 5) is 12.4. The van der Waals surface area contributed by atoms with Gasteiger partial charge in [0.25, 0.3) is 0 Å². The molecular formula is C15H21ClN6O2. The predicted molar refractivity (Wildman–Crippen MR) is 90.2 cm³/mol. The summed E-state index contributed by atoms with van der Waals surface area (Å²) in [6.07, 6.45) is -0.166. The molecule has 0 bridgehead atoms. The van der Waals surface area contributed by atoms with Gasteiger partial charge in [0.1, 0.15) is 6.04 Å². The van der Waals surface area contributed by atoms with Crippen molar-refractivity contribution in [1.29, 1.82) is 0 Å². The Balaban J connectivity index is 0.00000208. The normalized spacial score (nSPS) is 21.6. The number of morpholine rings is 1. The smallest absolute Gasteiger partial charge is 0.240 e. The third-order valence-electron chi connectivity index (χ3n) is 3.84. The predicted octanol–water partition coefficient (Wildman–Crippen LogP) is 0.638. The first-order valence-corrected chi connectivity index (χ1v) is 7.66. The minimum atomic E-state index is -0.368. The highest BCUT2D eigenvalue weighted by molar-refractivity contribution is 5.85. The van der Waals surface area contributed by atoms with Crippen molar-refractivity contribution in [3.05, 3.63) is 36.2 Å². The number of halogens is 1. The molecule has 1 aromatic carbocycles. The molecule has 1 unspecified atom stereocenters.